The molecule has 0 N–H and O–H groups in total. The summed E-state index contributed by atoms with van der Waals surface area (Å²) in [6.45, 7) is 2.05. The van der Waals surface area contributed by atoms with Crippen LogP contribution in [0.25, 0.3) is 11.5 Å². The molecule has 1 saturated heterocycles. The van der Waals surface area contributed by atoms with Gasteiger partial charge in [-0.05, 0) is 50.2 Å². The highest BCUT2D eigenvalue weighted by Crippen LogP contribution is 2.37. The van der Waals surface area contributed by atoms with Crippen LogP contribution in [0, 0.1) is 5.92 Å². The zero-order valence-electron chi connectivity index (χ0n) is 17.2. The van der Waals surface area contributed by atoms with E-state index in [1.54, 1.807) is 19.5 Å². The van der Waals surface area contributed by atoms with Gasteiger partial charge >= 0.3 is 0 Å². The highest BCUT2D eigenvalue weighted by atomic mass is 16.5. The SMILES string of the molecule is COCCC1(c2noc(-c3ccncc3)n2)CCCN(C(=O)CC2CCCC2)C1. The lowest BCUT2D eigenvalue weighted by Crippen LogP contribution is -2.49. The zero-order chi connectivity index (χ0) is 20.1. The minimum atomic E-state index is -0.325. The Kier molecular flexibility index (Phi) is 6.23. The second-order valence-corrected chi connectivity index (χ2v) is 8.46. The summed E-state index contributed by atoms with van der Waals surface area (Å²) in [6, 6.07) is 3.72. The lowest BCUT2D eigenvalue weighted by atomic mass is 9.76. The molecule has 2 aromatic rings. The number of piperidine rings is 1. The quantitative estimate of drug-likeness (QED) is 0.709. The summed E-state index contributed by atoms with van der Waals surface area (Å²) < 4.78 is 11.0. The summed E-state index contributed by atoms with van der Waals surface area (Å²) in [6.07, 6.45) is 11.6. The summed E-state index contributed by atoms with van der Waals surface area (Å²) in [5.41, 5.74) is 0.527. The van der Waals surface area contributed by atoms with Crippen LogP contribution in [-0.2, 0) is 14.9 Å². The van der Waals surface area contributed by atoms with Crippen LogP contribution >= 0.6 is 0 Å². The maximum absolute atomic E-state index is 13.0. The molecule has 2 aromatic heterocycles. The molecule has 2 aliphatic rings. The molecule has 156 valence electrons. The van der Waals surface area contributed by atoms with Gasteiger partial charge in [-0.2, -0.15) is 4.98 Å². The Morgan fingerprint density at radius 2 is 2.07 bits per heavy atom. The van der Waals surface area contributed by atoms with Gasteiger partial charge in [-0.1, -0.05) is 18.0 Å². The smallest absolute Gasteiger partial charge is 0.258 e. The average molecular weight is 399 g/mol. The summed E-state index contributed by atoms with van der Waals surface area (Å²) in [5.74, 6) is 2.01. The average Bonchev–Trinajstić information content (AvgIpc) is 3.46. The van der Waals surface area contributed by atoms with Gasteiger partial charge in [0, 0.05) is 51.2 Å². The topological polar surface area (TPSA) is 81.3 Å². The molecule has 4 rings (SSSR count). The first-order chi connectivity index (χ1) is 14.2. The lowest BCUT2D eigenvalue weighted by molar-refractivity contribution is -0.134. The van der Waals surface area contributed by atoms with Crippen molar-refractivity contribution in [2.45, 2.75) is 56.8 Å². The molecule has 1 aliphatic heterocycles. The van der Waals surface area contributed by atoms with E-state index in [0.29, 0.717) is 37.2 Å². The van der Waals surface area contributed by atoms with E-state index >= 15 is 0 Å². The number of methoxy groups -OCH3 is 1. The number of likely N-dealkylation sites (tertiary alicyclic amines) is 1. The van der Waals surface area contributed by atoms with Crippen molar-refractivity contribution in [2.75, 3.05) is 26.8 Å². The Hall–Kier alpha value is -2.28. The van der Waals surface area contributed by atoms with Gasteiger partial charge in [0.05, 0.1) is 5.41 Å². The van der Waals surface area contributed by atoms with E-state index < -0.39 is 0 Å². The van der Waals surface area contributed by atoms with Gasteiger partial charge in [0.15, 0.2) is 5.82 Å². The van der Waals surface area contributed by atoms with E-state index in [1.807, 2.05) is 17.0 Å². The number of pyridine rings is 1. The van der Waals surface area contributed by atoms with Crippen LogP contribution in [0.4, 0.5) is 0 Å². The summed E-state index contributed by atoms with van der Waals surface area (Å²) in [7, 11) is 1.71. The second kappa shape index (κ2) is 9.03. The Morgan fingerprint density at radius 3 is 2.83 bits per heavy atom. The van der Waals surface area contributed by atoms with E-state index in [9.17, 15) is 4.79 Å². The highest BCUT2D eigenvalue weighted by molar-refractivity contribution is 5.76. The predicted octanol–water partition coefficient (Wildman–Crippen LogP) is 3.61. The molecular weight excluding hydrogens is 368 g/mol. The summed E-state index contributed by atoms with van der Waals surface area (Å²) >= 11 is 0. The number of nitrogens with zero attached hydrogens (tertiary/aromatic N) is 4. The van der Waals surface area contributed by atoms with Crippen molar-refractivity contribution in [2.24, 2.45) is 5.92 Å². The lowest BCUT2D eigenvalue weighted by Gasteiger charge is -2.41. The van der Waals surface area contributed by atoms with Gasteiger partial charge in [0.1, 0.15) is 0 Å². The monoisotopic (exact) mass is 398 g/mol. The van der Waals surface area contributed by atoms with Crippen molar-refractivity contribution in [1.29, 1.82) is 0 Å². The van der Waals surface area contributed by atoms with Crippen LogP contribution in [0.5, 0.6) is 0 Å². The second-order valence-electron chi connectivity index (χ2n) is 8.46. The largest absolute Gasteiger partial charge is 0.385 e. The van der Waals surface area contributed by atoms with Crippen molar-refractivity contribution in [3.05, 3.63) is 30.4 Å². The van der Waals surface area contributed by atoms with Crippen LogP contribution in [0.3, 0.4) is 0 Å². The molecule has 1 aliphatic carbocycles. The van der Waals surface area contributed by atoms with Crippen LogP contribution < -0.4 is 0 Å². The Labute approximate surface area is 171 Å². The third kappa shape index (κ3) is 4.50. The number of rotatable bonds is 7. The molecule has 1 unspecified atom stereocenters. The van der Waals surface area contributed by atoms with E-state index in [4.69, 9.17) is 14.2 Å². The maximum atomic E-state index is 13.0. The van der Waals surface area contributed by atoms with Gasteiger partial charge in [0.2, 0.25) is 5.91 Å². The Balaban J connectivity index is 1.54. The van der Waals surface area contributed by atoms with E-state index in [-0.39, 0.29) is 11.3 Å². The normalized spacial score (nSPS) is 22.9. The zero-order valence-corrected chi connectivity index (χ0v) is 17.2. The summed E-state index contributed by atoms with van der Waals surface area (Å²) in [5, 5.41) is 4.34. The number of aromatic nitrogens is 3. The highest BCUT2D eigenvalue weighted by Gasteiger charge is 2.42. The molecule has 1 saturated carbocycles. The van der Waals surface area contributed by atoms with Crippen molar-refractivity contribution in [1.82, 2.24) is 20.0 Å². The molecule has 0 bridgehead atoms. The van der Waals surface area contributed by atoms with Crippen molar-refractivity contribution in [3.63, 3.8) is 0 Å². The number of carbonyl (C=O) groups excluding carboxylic acids is 1. The van der Waals surface area contributed by atoms with E-state index in [2.05, 4.69) is 10.1 Å². The van der Waals surface area contributed by atoms with Crippen molar-refractivity contribution < 1.29 is 14.1 Å². The number of carbonyl (C=O) groups is 1. The number of hydrogen-bond acceptors (Lipinski definition) is 6. The fraction of sp³-hybridized carbons (Fsp3) is 0.636. The van der Waals surface area contributed by atoms with Crippen LogP contribution in [0.15, 0.2) is 29.0 Å². The number of hydrogen-bond donors (Lipinski definition) is 0. The molecule has 1 atom stereocenters. The van der Waals surface area contributed by atoms with Crippen molar-refractivity contribution >= 4 is 5.91 Å². The molecule has 2 fully saturated rings. The summed E-state index contributed by atoms with van der Waals surface area (Å²) in [4.78, 5) is 23.8. The molecule has 3 heterocycles. The molecule has 7 nitrogen and oxygen atoms in total. The minimum absolute atomic E-state index is 0.274. The predicted molar refractivity (Wildman–Crippen MR) is 108 cm³/mol. The minimum Gasteiger partial charge on any atom is -0.385 e. The first kappa shape index (κ1) is 20.0. The standard InChI is InChI=1S/C22H30N4O3/c1-28-14-10-22(21-24-20(29-25-21)18-7-11-23-12-8-18)9-4-13-26(16-22)19(27)15-17-5-2-3-6-17/h7-8,11-12,17H,2-6,9-10,13-16H2,1H3. The maximum Gasteiger partial charge on any atom is 0.258 e. The molecule has 7 heteroatoms. The van der Waals surface area contributed by atoms with Gasteiger partial charge in [-0.25, -0.2) is 0 Å². The van der Waals surface area contributed by atoms with Gasteiger partial charge in [0.25, 0.3) is 5.89 Å². The van der Waals surface area contributed by atoms with Gasteiger partial charge in [-0.3, -0.25) is 9.78 Å². The fourth-order valence-electron chi connectivity index (χ4n) is 4.78. The van der Waals surface area contributed by atoms with Gasteiger partial charge in [-0.15, -0.1) is 0 Å². The molecule has 0 aromatic carbocycles. The van der Waals surface area contributed by atoms with E-state index in [1.165, 1.54) is 25.7 Å². The van der Waals surface area contributed by atoms with Gasteiger partial charge < -0.3 is 14.2 Å². The molecule has 0 radical (unpaired) electrons. The molecular formula is C22H30N4O3. The Bertz CT molecular complexity index is 803. The third-order valence-corrected chi connectivity index (χ3v) is 6.48. The first-order valence-electron chi connectivity index (χ1n) is 10.7. The number of ether oxygens (including phenoxy) is 1. The van der Waals surface area contributed by atoms with Crippen molar-refractivity contribution in [3.8, 4) is 11.5 Å². The molecule has 29 heavy (non-hydrogen) atoms. The van der Waals surface area contributed by atoms with E-state index in [0.717, 1.165) is 31.4 Å². The van der Waals surface area contributed by atoms with Crippen LogP contribution in [0.1, 0.15) is 57.2 Å². The molecule has 1 amide bonds. The van der Waals surface area contributed by atoms with Crippen LogP contribution in [0.2, 0.25) is 0 Å². The Morgan fingerprint density at radius 1 is 1.28 bits per heavy atom. The molecule has 0 spiro atoms. The third-order valence-electron chi connectivity index (χ3n) is 6.48. The van der Waals surface area contributed by atoms with Crippen LogP contribution in [-0.4, -0.2) is 52.7 Å². The fourth-order valence-corrected chi connectivity index (χ4v) is 4.78. The number of amides is 1. The first-order valence-corrected chi connectivity index (χ1v) is 10.7.